The molecule has 2 aromatic heterocycles. The first-order chi connectivity index (χ1) is 7.68. The van der Waals surface area contributed by atoms with Crippen LogP contribution in [-0.2, 0) is 0 Å². The zero-order chi connectivity index (χ0) is 11.5. The number of alkyl halides is 1. The zero-order valence-electron chi connectivity index (χ0n) is 9.35. The van der Waals surface area contributed by atoms with Gasteiger partial charge in [-0.05, 0) is 25.1 Å². The summed E-state index contributed by atoms with van der Waals surface area (Å²) >= 11 is 6.40. The van der Waals surface area contributed by atoms with Gasteiger partial charge in [0, 0.05) is 23.4 Å². The molecule has 2 rings (SSSR count). The second-order valence-electron chi connectivity index (χ2n) is 3.94. The van der Waals surface area contributed by atoms with Gasteiger partial charge in [-0.1, -0.05) is 13.0 Å². The standard InChI is InChI=1S/C13H14ClNO/c1-9-7-11(8-16-9)13(14)10(2)12-5-3-4-6-15-12/h3-8,10,13H,1-2H3. The molecule has 3 heteroatoms. The highest BCUT2D eigenvalue weighted by Gasteiger charge is 2.20. The number of pyridine rings is 1. The monoisotopic (exact) mass is 235 g/mol. The third-order valence-electron chi connectivity index (χ3n) is 2.66. The average molecular weight is 236 g/mol. The molecule has 2 unspecified atom stereocenters. The highest BCUT2D eigenvalue weighted by molar-refractivity contribution is 6.21. The fourth-order valence-electron chi connectivity index (χ4n) is 1.69. The van der Waals surface area contributed by atoms with Crippen LogP contribution in [0.1, 0.15) is 35.2 Å². The molecule has 0 aromatic carbocycles. The van der Waals surface area contributed by atoms with Crippen LogP contribution < -0.4 is 0 Å². The molecule has 0 saturated carbocycles. The van der Waals surface area contributed by atoms with Crippen LogP contribution in [0.15, 0.2) is 41.1 Å². The highest BCUT2D eigenvalue weighted by Crippen LogP contribution is 2.35. The Morgan fingerprint density at radius 2 is 2.19 bits per heavy atom. The molecule has 2 heterocycles. The van der Waals surface area contributed by atoms with E-state index < -0.39 is 0 Å². The summed E-state index contributed by atoms with van der Waals surface area (Å²) in [5, 5.41) is -0.104. The van der Waals surface area contributed by atoms with E-state index in [1.807, 2.05) is 31.2 Å². The molecule has 0 fully saturated rings. The Bertz CT molecular complexity index is 452. The third-order valence-corrected chi connectivity index (χ3v) is 3.29. The summed E-state index contributed by atoms with van der Waals surface area (Å²) in [7, 11) is 0. The van der Waals surface area contributed by atoms with Crippen LogP contribution in [0, 0.1) is 6.92 Å². The Labute approximate surface area is 100 Å². The van der Waals surface area contributed by atoms with E-state index in [0.29, 0.717) is 0 Å². The molecule has 0 spiro atoms. The number of hydrogen-bond acceptors (Lipinski definition) is 2. The number of aryl methyl sites for hydroxylation is 1. The predicted molar refractivity (Wildman–Crippen MR) is 64.7 cm³/mol. The molecule has 0 amide bonds. The summed E-state index contributed by atoms with van der Waals surface area (Å²) in [4.78, 5) is 4.32. The van der Waals surface area contributed by atoms with Crippen LogP contribution in [0.25, 0.3) is 0 Å². The van der Waals surface area contributed by atoms with Crippen molar-refractivity contribution in [3.8, 4) is 0 Å². The van der Waals surface area contributed by atoms with Crippen LogP contribution in [0.5, 0.6) is 0 Å². The zero-order valence-corrected chi connectivity index (χ0v) is 10.1. The van der Waals surface area contributed by atoms with Gasteiger partial charge in [-0.25, -0.2) is 0 Å². The van der Waals surface area contributed by atoms with E-state index in [-0.39, 0.29) is 11.3 Å². The molecule has 2 atom stereocenters. The fraction of sp³-hybridized carbons (Fsp3) is 0.308. The van der Waals surface area contributed by atoms with Gasteiger partial charge < -0.3 is 4.42 Å². The van der Waals surface area contributed by atoms with Gasteiger partial charge in [0.2, 0.25) is 0 Å². The van der Waals surface area contributed by atoms with Crippen molar-refractivity contribution in [3.05, 3.63) is 53.7 Å². The van der Waals surface area contributed by atoms with E-state index in [4.69, 9.17) is 16.0 Å². The second-order valence-corrected chi connectivity index (χ2v) is 4.41. The lowest BCUT2D eigenvalue weighted by atomic mass is 9.98. The summed E-state index contributed by atoms with van der Waals surface area (Å²) < 4.78 is 5.27. The summed E-state index contributed by atoms with van der Waals surface area (Å²) in [6.07, 6.45) is 3.50. The molecule has 2 aromatic rings. The van der Waals surface area contributed by atoms with Gasteiger partial charge in [0.1, 0.15) is 5.76 Å². The second kappa shape index (κ2) is 4.71. The van der Waals surface area contributed by atoms with Crippen molar-refractivity contribution in [2.75, 3.05) is 0 Å². The van der Waals surface area contributed by atoms with Gasteiger partial charge in [0.15, 0.2) is 0 Å². The van der Waals surface area contributed by atoms with Crippen LogP contribution in [0.2, 0.25) is 0 Å². The molecule has 2 nitrogen and oxygen atoms in total. The Hall–Kier alpha value is -1.28. The maximum atomic E-state index is 6.40. The molecule has 84 valence electrons. The highest BCUT2D eigenvalue weighted by atomic mass is 35.5. The lowest BCUT2D eigenvalue weighted by Gasteiger charge is -2.15. The largest absolute Gasteiger partial charge is 0.469 e. The maximum Gasteiger partial charge on any atom is 0.101 e. The summed E-state index contributed by atoms with van der Waals surface area (Å²) in [5.41, 5.74) is 2.01. The smallest absolute Gasteiger partial charge is 0.101 e. The summed E-state index contributed by atoms with van der Waals surface area (Å²) in [6.45, 7) is 3.99. The summed E-state index contributed by atoms with van der Waals surface area (Å²) in [5.74, 6) is 1.05. The maximum absolute atomic E-state index is 6.40. The topological polar surface area (TPSA) is 26.0 Å². The number of hydrogen-bond donors (Lipinski definition) is 0. The van der Waals surface area contributed by atoms with Crippen LogP contribution in [-0.4, -0.2) is 4.98 Å². The van der Waals surface area contributed by atoms with Gasteiger partial charge in [-0.15, -0.1) is 11.6 Å². The number of aromatic nitrogens is 1. The van der Waals surface area contributed by atoms with Crippen molar-refractivity contribution < 1.29 is 4.42 Å². The first kappa shape index (κ1) is 11.2. The molecule has 16 heavy (non-hydrogen) atoms. The molecule has 0 radical (unpaired) electrons. The molecular weight excluding hydrogens is 222 g/mol. The lowest BCUT2D eigenvalue weighted by molar-refractivity contribution is 0.529. The molecular formula is C13H14ClNO. The Morgan fingerprint density at radius 1 is 1.38 bits per heavy atom. The quantitative estimate of drug-likeness (QED) is 0.750. The Morgan fingerprint density at radius 3 is 2.75 bits per heavy atom. The van der Waals surface area contributed by atoms with Gasteiger partial charge >= 0.3 is 0 Å². The molecule has 0 bridgehead atoms. The number of furan rings is 1. The SMILES string of the molecule is Cc1cc(C(Cl)C(C)c2ccccn2)co1. The van der Waals surface area contributed by atoms with E-state index in [9.17, 15) is 0 Å². The van der Waals surface area contributed by atoms with Crippen LogP contribution >= 0.6 is 11.6 Å². The minimum Gasteiger partial charge on any atom is -0.469 e. The molecule has 0 saturated heterocycles. The van der Waals surface area contributed by atoms with Gasteiger partial charge in [0.05, 0.1) is 11.6 Å². The number of halogens is 1. The van der Waals surface area contributed by atoms with Crippen molar-refractivity contribution in [3.63, 3.8) is 0 Å². The van der Waals surface area contributed by atoms with E-state index >= 15 is 0 Å². The average Bonchev–Trinajstić information content (AvgIpc) is 2.75. The van der Waals surface area contributed by atoms with E-state index in [1.54, 1.807) is 12.5 Å². The molecule has 0 aliphatic heterocycles. The van der Waals surface area contributed by atoms with Gasteiger partial charge in [0.25, 0.3) is 0 Å². The molecule has 0 aliphatic rings. The third kappa shape index (κ3) is 2.27. The van der Waals surface area contributed by atoms with E-state index in [0.717, 1.165) is 17.0 Å². The first-order valence-corrected chi connectivity index (χ1v) is 5.72. The normalized spacial score (nSPS) is 14.7. The predicted octanol–water partition coefficient (Wildman–Crippen LogP) is 4.07. The van der Waals surface area contributed by atoms with E-state index in [2.05, 4.69) is 11.9 Å². The van der Waals surface area contributed by atoms with Gasteiger partial charge in [-0.3, -0.25) is 4.98 Å². The minimum absolute atomic E-state index is 0.104. The lowest BCUT2D eigenvalue weighted by Crippen LogP contribution is -2.03. The molecule has 0 aliphatic carbocycles. The van der Waals surface area contributed by atoms with Crippen molar-refractivity contribution in [1.29, 1.82) is 0 Å². The number of nitrogens with zero attached hydrogens (tertiary/aromatic N) is 1. The minimum atomic E-state index is -0.104. The van der Waals surface area contributed by atoms with Crippen LogP contribution in [0.4, 0.5) is 0 Å². The van der Waals surface area contributed by atoms with Crippen molar-refractivity contribution >= 4 is 11.6 Å². The van der Waals surface area contributed by atoms with Crippen LogP contribution in [0.3, 0.4) is 0 Å². The van der Waals surface area contributed by atoms with Crippen molar-refractivity contribution in [2.24, 2.45) is 0 Å². The fourth-order valence-corrected chi connectivity index (χ4v) is 1.94. The Kier molecular flexibility index (Phi) is 3.30. The van der Waals surface area contributed by atoms with Crippen molar-refractivity contribution in [1.82, 2.24) is 4.98 Å². The molecule has 0 N–H and O–H groups in total. The first-order valence-electron chi connectivity index (χ1n) is 5.28. The Balaban J connectivity index is 2.19. The van der Waals surface area contributed by atoms with E-state index in [1.165, 1.54) is 0 Å². The number of rotatable bonds is 3. The van der Waals surface area contributed by atoms with Gasteiger partial charge in [-0.2, -0.15) is 0 Å². The van der Waals surface area contributed by atoms with Crippen molar-refractivity contribution in [2.45, 2.75) is 25.1 Å². The summed E-state index contributed by atoms with van der Waals surface area (Å²) in [6, 6.07) is 7.84.